The lowest BCUT2D eigenvalue weighted by Crippen LogP contribution is -2.46. The molecule has 5 aromatic rings. The van der Waals surface area contributed by atoms with Crippen molar-refractivity contribution >= 4 is 40.2 Å². The van der Waals surface area contributed by atoms with E-state index in [2.05, 4.69) is 20.3 Å². The summed E-state index contributed by atoms with van der Waals surface area (Å²) < 4.78 is 28.5. The van der Waals surface area contributed by atoms with E-state index in [1.807, 2.05) is 95.0 Å². The normalized spacial score (nSPS) is 17.7. The minimum absolute atomic E-state index is 0.170. The Morgan fingerprint density at radius 3 is 1.89 bits per heavy atom. The molecule has 3 aliphatic heterocycles. The topological polar surface area (TPSA) is 171 Å². The molecular weight excluding hydrogens is 829 g/mol. The van der Waals surface area contributed by atoms with Gasteiger partial charge in [0.1, 0.15) is 11.2 Å². The van der Waals surface area contributed by atoms with Crippen molar-refractivity contribution < 1.29 is 38.1 Å². The van der Waals surface area contributed by atoms with E-state index in [9.17, 15) is 14.4 Å². The molecule has 0 bridgehead atoms. The molecule has 3 aliphatic rings. The first-order valence-corrected chi connectivity index (χ1v) is 22.4. The second kappa shape index (κ2) is 19.4. The number of rotatable bonds is 10. The van der Waals surface area contributed by atoms with Crippen LogP contribution in [0.3, 0.4) is 0 Å². The molecule has 3 aromatic carbocycles. The van der Waals surface area contributed by atoms with Gasteiger partial charge < -0.3 is 43.7 Å². The second-order valence-corrected chi connectivity index (χ2v) is 19.1. The lowest BCUT2D eigenvalue weighted by Gasteiger charge is -2.32. The van der Waals surface area contributed by atoms with Crippen molar-refractivity contribution in [1.82, 2.24) is 40.0 Å². The van der Waals surface area contributed by atoms with E-state index in [0.29, 0.717) is 48.1 Å². The van der Waals surface area contributed by atoms with Crippen molar-refractivity contribution in [2.24, 2.45) is 0 Å². The average molecular weight is 891 g/mol. The van der Waals surface area contributed by atoms with Crippen LogP contribution in [0.15, 0.2) is 73.1 Å². The quantitative estimate of drug-likeness (QED) is 0.142. The molecule has 16 heteroatoms. The highest BCUT2D eigenvalue weighted by molar-refractivity contribution is 5.96. The first-order chi connectivity index (χ1) is 30.8. The highest BCUT2D eigenvalue weighted by Crippen LogP contribution is 2.47. The number of methoxy groups -OCH3 is 1. The van der Waals surface area contributed by atoms with Crippen LogP contribution in [0.25, 0.3) is 22.1 Å². The van der Waals surface area contributed by atoms with E-state index in [1.54, 1.807) is 48.2 Å². The summed E-state index contributed by atoms with van der Waals surface area (Å²) in [6.45, 7) is 18.0. The van der Waals surface area contributed by atoms with Crippen LogP contribution in [0, 0.1) is 0 Å². The Bertz CT molecular complexity index is 2500. The Morgan fingerprint density at radius 1 is 0.769 bits per heavy atom. The van der Waals surface area contributed by atoms with Crippen LogP contribution in [0.4, 0.5) is 9.59 Å². The van der Waals surface area contributed by atoms with E-state index >= 15 is 0 Å². The molecule has 3 amide bonds. The summed E-state index contributed by atoms with van der Waals surface area (Å²) in [6.07, 6.45) is 6.49. The first kappa shape index (κ1) is 46.7. The van der Waals surface area contributed by atoms with Crippen LogP contribution in [-0.4, -0.2) is 115 Å². The molecule has 8 rings (SSSR count). The number of nitrogens with one attached hydrogen (secondary N) is 1. The van der Waals surface area contributed by atoms with Crippen molar-refractivity contribution in [2.75, 3.05) is 33.3 Å². The molecule has 1 N–H and O–H groups in total. The number of hydrogen-bond acceptors (Lipinski definition) is 13. The van der Waals surface area contributed by atoms with Crippen molar-refractivity contribution in [1.29, 1.82) is 0 Å². The van der Waals surface area contributed by atoms with Crippen molar-refractivity contribution in [3.8, 4) is 17.2 Å². The van der Waals surface area contributed by atoms with Gasteiger partial charge in [-0.1, -0.05) is 24.3 Å². The molecule has 0 radical (unpaired) electrons. The van der Waals surface area contributed by atoms with Gasteiger partial charge in [0.2, 0.25) is 11.5 Å². The summed E-state index contributed by atoms with van der Waals surface area (Å²) in [6, 6.07) is 18.7. The third-order valence-electron chi connectivity index (χ3n) is 11.0. The standard InChI is InChI=1S/C30H36N4O6.C19H26N4O2/c1-29(2,3)40-28(36)34-13-9-10-21(34)18-33(17-20-16-31-22-11-7-8-12-23(22)32-20)27(35)19-14-24(37-6)26-25(15-19)38-30(4,5)39-26;1-19(2,3)25-18(24)23-10-6-7-15(23)13-20-11-14-12-21-16-8-4-5-9-17(16)22-14/h7-8,11-12,14-16,21H,9-10,13,17-18H2,1-6H3;4-5,8-9,12,15,20H,6-7,10-11,13H2,1-3H3/t21-;15-/m00/s1. The number of benzene rings is 3. The number of nitrogens with zero attached hydrogens (tertiary/aromatic N) is 7. The molecule has 2 atom stereocenters. The Kier molecular flexibility index (Phi) is 14.0. The number of fused-ring (bicyclic) bond motifs is 3. The number of para-hydroxylation sites is 4. The number of amides is 3. The van der Waals surface area contributed by atoms with E-state index in [-0.39, 0.29) is 36.7 Å². The second-order valence-electron chi connectivity index (χ2n) is 19.1. The number of hydrogen-bond donors (Lipinski definition) is 1. The predicted molar refractivity (Wildman–Crippen MR) is 246 cm³/mol. The molecule has 5 heterocycles. The third-order valence-corrected chi connectivity index (χ3v) is 11.0. The van der Waals surface area contributed by atoms with Crippen molar-refractivity contribution in [3.05, 3.63) is 90.0 Å². The number of carbonyl (C=O) groups is 3. The van der Waals surface area contributed by atoms with Gasteiger partial charge in [0.15, 0.2) is 11.5 Å². The van der Waals surface area contributed by atoms with Crippen LogP contribution < -0.4 is 19.5 Å². The Labute approximate surface area is 381 Å². The number of aromatic nitrogens is 4. The predicted octanol–water partition coefficient (Wildman–Crippen LogP) is 8.31. The van der Waals surface area contributed by atoms with E-state index in [1.165, 1.54) is 7.11 Å². The number of ether oxygens (including phenoxy) is 5. The molecular formula is C49H62N8O8. The summed E-state index contributed by atoms with van der Waals surface area (Å²) in [4.78, 5) is 63.0. The van der Waals surface area contributed by atoms with Crippen molar-refractivity contribution in [2.45, 2.75) is 123 Å². The largest absolute Gasteiger partial charge is 0.493 e. The number of likely N-dealkylation sites (tertiary alicyclic amines) is 2. The van der Waals surface area contributed by atoms with Crippen LogP contribution in [-0.2, 0) is 22.6 Å². The Hall–Kier alpha value is -6.29. The van der Waals surface area contributed by atoms with Crippen LogP contribution in [0.1, 0.15) is 103 Å². The summed E-state index contributed by atoms with van der Waals surface area (Å²) in [5.74, 6) is 0.181. The highest BCUT2D eigenvalue weighted by Gasteiger charge is 2.38. The Balaban J connectivity index is 0.000000216. The summed E-state index contributed by atoms with van der Waals surface area (Å²) >= 11 is 0. The lowest BCUT2D eigenvalue weighted by molar-refractivity contribution is -0.0439. The molecule has 2 fully saturated rings. The number of carbonyl (C=O) groups excluding carboxylic acids is 3. The smallest absolute Gasteiger partial charge is 0.410 e. The van der Waals surface area contributed by atoms with Crippen LogP contribution in [0.2, 0.25) is 0 Å². The maximum atomic E-state index is 14.1. The minimum Gasteiger partial charge on any atom is -0.493 e. The average Bonchev–Trinajstić information content (AvgIpc) is 4.00. The molecule has 65 heavy (non-hydrogen) atoms. The lowest BCUT2D eigenvalue weighted by atomic mass is 10.1. The molecule has 0 spiro atoms. The van der Waals surface area contributed by atoms with Gasteiger partial charge in [-0.05, 0) is 104 Å². The van der Waals surface area contributed by atoms with E-state index in [0.717, 1.165) is 66.5 Å². The highest BCUT2D eigenvalue weighted by atomic mass is 16.7. The van der Waals surface area contributed by atoms with Gasteiger partial charge in [-0.15, -0.1) is 0 Å². The van der Waals surface area contributed by atoms with Gasteiger partial charge in [0.25, 0.3) is 5.91 Å². The summed E-state index contributed by atoms with van der Waals surface area (Å²) in [5.41, 5.74) is 4.18. The van der Waals surface area contributed by atoms with Gasteiger partial charge in [0.05, 0.1) is 65.5 Å². The van der Waals surface area contributed by atoms with Gasteiger partial charge in [-0.2, -0.15) is 0 Å². The van der Waals surface area contributed by atoms with Gasteiger partial charge >= 0.3 is 12.2 Å². The molecule has 0 unspecified atom stereocenters. The van der Waals surface area contributed by atoms with Crippen LogP contribution in [0.5, 0.6) is 17.2 Å². The monoisotopic (exact) mass is 890 g/mol. The summed E-state index contributed by atoms with van der Waals surface area (Å²) in [7, 11) is 1.53. The van der Waals surface area contributed by atoms with Gasteiger partial charge in [-0.3, -0.25) is 14.8 Å². The van der Waals surface area contributed by atoms with Crippen LogP contribution >= 0.6 is 0 Å². The first-order valence-electron chi connectivity index (χ1n) is 22.4. The third kappa shape index (κ3) is 12.1. The molecule has 0 saturated carbocycles. The molecule has 0 aliphatic carbocycles. The fourth-order valence-corrected chi connectivity index (χ4v) is 8.13. The maximum absolute atomic E-state index is 14.1. The fraction of sp³-hybridized carbons (Fsp3) is 0.490. The molecule has 346 valence electrons. The fourth-order valence-electron chi connectivity index (χ4n) is 8.13. The van der Waals surface area contributed by atoms with Crippen molar-refractivity contribution in [3.63, 3.8) is 0 Å². The molecule has 2 aromatic heterocycles. The zero-order chi connectivity index (χ0) is 46.5. The zero-order valence-electron chi connectivity index (χ0n) is 39.1. The maximum Gasteiger partial charge on any atom is 0.410 e. The molecule has 16 nitrogen and oxygen atoms in total. The molecule has 2 saturated heterocycles. The SMILES string of the molecule is CC(C)(C)OC(=O)N1CCC[C@H]1CNCc1cnc2ccccc2n1.COc1cc(C(=O)N(Cc2cnc3ccccc3n2)C[C@@H]2CCCN2C(=O)OC(C)(C)C)cc2c1OC(C)(C)O2. The minimum atomic E-state index is -0.880. The Morgan fingerprint density at radius 2 is 1.31 bits per heavy atom. The van der Waals surface area contributed by atoms with E-state index < -0.39 is 17.0 Å². The van der Waals surface area contributed by atoms with Gasteiger partial charge in [0, 0.05) is 58.2 Å². The summed E-state index contributed by atoms with van der Waals surface area (Å²) in [5, 5.41) is 3.40. The van der Waals surface area contributed by atoms with E-state index in [4.69, 9.17) is 28.7 Å². The van der Waals surface area contributed by atoms with Gasteiger partial charge in [-0.25, -0.2) is 19.6 Å². The zero-order valence-corrected chi connectivity index (χ0v) is 39.1.